The first kappa shape index (κ1) is 21.5. The second kappa shape index (κ2) is 8.05. The fourth-order valence-electron chi connectivity index (χ4n) is 3.10. The Bertz CT molecular complexity index is 1210. The van der Waals surface area contributed by atoms with Crippen molar-refractivity contribution in [3.63, 3.8) is 0 Å². The molecule has 1 N–H and O–H groups in total. The summed E-state index contributed by atoms with van der Waals surface area (Å²) in [5.74, 6) is 0.368. The summed E-state index contributed by atoms with van der Waals surface area (Å²) in [6, 6.07) is 8.19. The molecule has 0 aromatic carbocycles. The van der Waals surface area contributed by atoms with Crippen LogP contribution in [0.3, 0.4) is 0 Å². The number of alkyl halides is 3. The lowest BCUT2D eigenvalue weighted by Crippen LogP contribution is -2.48. The largest absolute Gasteiger partial charge is 0.417 e. The van der Waals surface area contributed by atoms with Crippen LogP contribution >= 0.6 is 11.3 Å². The number of anilines is 1. The molecule has 1 aliphatic rings. The van der Waals surface area contributed by atoms with Gasteiger partial charge >= 0.3 is 6.18 Å². The van der Waals surface area contributed by atoms with Gasteiger partial charge in [-0.25, -0.2) is 18.5 Å². The van der Waals surface area contributed by atoms with Gasteiger partial charge < -0.3 is 4.90 Å². The van der Waals surface area contributed by atoms with Crippen LogP contribution in [0.2, 0.25) is 0 Å². The number of hydrogen-bond acceptors (Lipinski definition) is 7. The summed E-state index contributed by atoms with van der Waals surface area (Å²) in [5.41, 5.74) is -0.722. The van der Waals surface area contributed by atoms with Gasteiger partial charge in [-0.05, 0) is 30.3 Å². The van der Waals surface area contributed by atoms with Gasteiger partial charge in [0.2, 0.25) is 0 Å². The van der Waals surface area contributed by atoms with E-state index in [0.717, 1.165) is 23.6 Å². The number of pyridine rings is 1. The number of sulfonamides is 1. The highest BCUT2D eigenvalue weighted by Crippen LogP contribution is 2.32. The maximum absolute atomic E-state index is 13.0. The second-order valence-corrected chi connectivity index (χ2v) is 9.97. The van der Waals surface area contributed by atoms with Gasteiger partial charge in [0.25, 0.3) is 15.6 Å². The van der Waals surface area contributed by atoms with Crippen LogP contribution in [0.5, 0.6) is 0 Å². The fourth-order valence-corrected chi connectivity index (χ4v) is 5.96. The van der Waals surface area contributed by atoms with E-state index in [9.17, 15) is 26.4 Å². The maximum atomic E-state index is 13.0. The van der Waals surface area contributed by atoms with Gasteiger partial charge in [0.15, 0.2) is 0 Å². The first-order valence-corrected chi connectivity index (χ1v) is 11.3. The third-order valence-electron chi connectivity index (χ3n) is 4.74. The highest BCUT2D eigenvalue weighted by molar-refractivity contribution is 7.91. The molecule has 0 atom stereocenters. The van der Waals surface area contributed by atoms with Crippen molar-refractivity contribution in [1.29, 1.82) is 0 Å². The normalized spacial score (nSPS) is 15.9. The molecule has 8 nitrogen and oxygen atoms in total. The van der Waals surface area contributed by atoms with Crippen LogP contribution in [-0.4, -0.2) is 54.1 Å². The van der Waals surface area contributed by atoms with Gasteiger partial charge in [0.1, 0.15) is 15.7 Å². The summed E-state index contributed by atoms with van der Waals surface area (Å²) >= 11 is 1.05. The summed E-state index contributed by atoms with van der Waals surface area (Å²) in [5, 5.41) is 6.21. The number of aromatic amines is 1. The van der Waals surface area contributed by atoms with Crippen LogP contribution in [0.4, 0.5) is 19.0 Å². The Labute approximate surface area is 179 Å². The van der Waals surface area contributed by atoms with Crippen molar-refractivity contribution in [2.75, 3.05) is 31.1 Å². The van der Waals surface area contributed by atoms with Crippen LogP contribution < -0.4 is 10.5 Å². The summed E-state index contributed by atoms with van der Waals surface area (Å²) in [6.07, 6.45) is -3.68. The Hall–Kier alpha value is -2.77. The molecule has 3 aromatic heterocycles. The molecule has 4 rings (SSSR count). The predicted octanol–water partition coefficient (Wildman–Crippen LogP) is 2.42. The molecule has 31 heavy (non-hydrogen) atoms. The lowest BCUT2D eigenvalue weighted by Gasteiger charge is -2.34. The molecule has 0 radical (unpaired) electrons. The zero-order valence-electron chi connectivity index (χ0n) is 15.8. The number of aromatic nitrogens is 3. The van der Waals surface area contributed by atoms with Gasteiger partial charge in [-0.2, -0.15) is 22.6 Å². The average Bonchev–Trinajstić information content (AvgIpc) is 3.25. The predicted molar refractivity (Wildman–Crippen MR) is 108 cm³/mol. The van der Waals surface area contributed by atoms with Crippen molar-refractivity contribution in [2.24, 2.45) is 0 Å². The van der Waals surface area contributed by atoms with Crippen molar-refractivity contribution in [1.82, 2.24) is 19.5 Å². The van der Waals surface area contributed by atoms with Crippen LogP contribution in [-0.2, 0) is 16.2 Å². The fraction of sp³-hybridized carbons (Fsp3) is 0.278. The van der Waals surface area contributed by atoms with Crippen molar-refractivity contribution in [3.8, 4) is 10.6 Å². The number of halogens is 3. The van der Waals surface area contributed by atoms with Crippen LogP contribution in [0.1, 0.15) is 5.56 Å². The number of hydrogen-bond donors (Lipinski definition) is 1. The molecule has 164 valence electrons. The van der Waals surface area contributed by atoms with E-state index in [0.29, 0.717) is 29.5 Å². The van der Waals surface area contributed by atoms with E-state index >= 15 is 0 Å². The summed E-state index contributed by atoms with van der Waals surface area (Å²) in [7, 11) is -3.73. The minimum absolute atomic E-state index is 0.150. The van der Waals surface area contributed by atoms with E-state index in [2.05, 4.69) is 15.2 Å². The van der Waals surface area contributed by atoms with Gasteiger partial charge in [-0.15, -0.1) is 11.3 Å². The average molecular weight is 471 g/mol. The lowest BCUT2D eigenvalue weighted by molar-refractivity contribution is -0.137. The van der Waals surface area contributed by atoms with Gasteiger partial charge in [0.05, 0.1) is 10.4 Å². The van der Waals surface area contributed by atoms with E-state index in [-0.39, 0.29) is 22.9 Å². The molecule has 0 saturated carbocycles. The molecule has 0 amide bonds. The SMILES string of the molecule is O=c1ccc(-c2ccc(S(=O)(=O)N3CCN(c4ccc(C(F)(F)F)cn4)CC3)s2)n[nH]1. The number of nitrogens with zero attached hydrogens (tertiary/aromatic N) is 4. The van der Waals surface area contributed by atoms with Crippen LogP contribution in [0.25, 0.3) is 10.6 Å². The highest BCUT2D eigenvalue weighted by atomic mass is 32.2. The Balaban J connectivity index is 1.44. The van der Waals surface area contributed by atoms with Crippen molar-refractivity contribution < 1.29 is 21.6 Å². The molecule has 1 saturated heterocycles. The Morgan fingerprint density at radius 1 is 1.00 bits per heavy atom. The van der Waals surface area contributed by atoms with E-state index in [1.54, 1.807) is 11.0 Å². The number of thiophene rings is 1. The zero-order chi connectivity index (χ0) is 22.2. The quantitative estimate of drug-likeness (QED) is 0.628. The number of rotatable bonds is 4. The van der Waals surface area contributed by atoms with Crippen LogP contribution in [0, 0.1) is 0 Å². The Kier molecular flexibility index (Phi) is 5.58. The van der Waals surface area contributed by atoms with E-state index in [1.807, 2.05) is 0 Å². The summed E-state index contributed by atoms with van der Waals surface area (Å²) in [6.45, 7) is 0.957. The molecule has 1 fully saturated rings. The third-order valence-corrected chi connectivity index (χ3v) is 8.22. The molecule has 0 unspecified atom stereocenters. The third kappa shape index (κ3) is 4.48. The van der Waals surface area contributed by atoms with Gasteiger partial charge in [-0.1, -0.05) is 0 Å². The smallest absolute Gasteiger partial charge is 0.354 e. The molecule has 13 heteroatoms. The lowest BCUT2D eigenvalue weighted by atomic mass is 10.2. The van der Waals surface area contributed by atoms with Crippen molar-refractivity contribution in [2.45, 2.75) is 10.4 Å². The van der Waals surface area contributed by atoms with E-state index < -0.39 is 21.8 Å². The molecule has 4 heterocycles. The van der Waals surface area contributed by atoms with Crippen molar-refractivity contribution >= 4 is 27.2 Å². The summed E-state index contributed by atoms with van der Waals surface area (Å²) < 4.78 is 65.5. The molecule has 0 bridgehead atoms. The van der Waals surface area contributed by atoms with Crippen LogP contribution in [0.15, 0.2) is 51.6 Å². The molecule has 0 spiro atoms. The first-order valence-electron chi connectivity index (χ1n) is 9.09. The molecule has 3 aromatic rings. The molecular formula is C18H16F3N5O3S2. The minimum atomic E-state index is -4.46. The van der Waals surface area contributed by atoms with Gasteiger partial charge in [-0.3, -0.25) is 4.79 Å². The van der Waals surface area contributed by atoms with E-state index in [4.69, 9.17) is 0 Å². The summed E-state index contributed by atoms with van der Waals surface area (Å²) in [4.78, 5) is 17.3. The second-order valence-electron chi connectivity index (χ2n) is 6.72. The van der Waals surface area contributed by atoms with Crippen molar-refractivity contribution in [3.05, 3.63) is 58.5 Å². The standard InChI is InChI=1S/C18H16F3N5O3S2/c19-18(20,21)12-1-4-15(22-11-12)25-7-9-26(10-8-25)31(28,29)17-6-3-14(30-17)13-2-5-16(27)24-23-13/h1-6,11H,7-10H2,(H,24,27). The zero-order valence-corrected chi connectivity index (χ0v) is 17.5. The topological polar surface area (TPSA) is 99.3 Å². The molecular weight excluding hydrogens is 455 g/mol. The van der Waals surface area contributed by atoms with Gasteiger partial charge in [0, 0.05) is 38.4 Å². The monoisotopic (exact) mass is 471 g/mol. The number of H-pyrrole nitrogens is 1. The first-order chi connectivity index (χ1) is 14.6. The molecule has 0 aliphatic carbocycles. The molecule has 1 aliphatic heterocycles. The highest BCUT2D eigenvalue weighted by Gasteiger charge is 2.32. The number of piperazine rings is 1. The maximum Gasteiger partial charge on any atom is 0.417 e. The Morgan fingerprint density at radius 3 is 2.32 bits per heavy atom. The minimum Gasteiger partial charge on any atom is -0.354 e. The van der Waals surface area contributed by atoms with E-state index in [1.165, 1.54) is 28.6 Å². The Morgan fingerprint density at radius 2 is 1.74 bits per heavy atom. The number of nitrogens with one attached hydrogen (secondary N) is 1.